The Morgan fingerprint density at radius 3 is 2.94 bits per heavy atom. The highest BCUT2D eigenvalue weighted by Crippen LogP contribution is 2.22. The van der Waals surface area contributed by atoms with Gasteiger partial charge < -0.3 is 15.8 Å². The summed E-state index contributed by atoms with van der Waals surface area (Å²) in [5.41, 5.74) is 5.89. The fourth-order valence-corrected chi connectivity index (χ4v) is 2.12. The zero-order valence-corrected chi connectivity index (χ0v) is 11.2. The van der Waals surface area contributed by atoms with Gasteiger partial charge in [0.05, 0.1) is 10.6 Å². The number of amides is 1. The van der Waals surface area contributed by atoms with Gasteiger partial charge in [-0.2, -0.15) is 0 Å². The highest BCUT2D eigenvalue weighted by atomic mass is 79.9. The van der Waals surface area contributed by atoms with Crippen LogP contribution in [0.3, 0.4) is 0 Å². The molecule has 2 rings (SSSR count). The van der Waals surface area contributed by atoms with Crippen LogP contribution in [0, 0.1) is 5.82 Å². The molecule has 2 atom stereocenters. The Balaban J connectivity index is 1.97. The van der Waals surface area contributed by atoms with E-state index in [9.17, 15) is 9.18 Å². The van der Waals surface area contributed by atoms with Crippen LogP contribution in [-0.2, 0) is 9.53 Å². The zero-order valence-electron chi connectivity index (χ0n) is 9.66. The van der Waals surface area contributed by atoms with Crippen LogP contribution in [0.2, 0.25) is 0 Å². The van der Waals surface area contributed by atoms with Crippen LogP contribution in [0.4, 0.5) is 10.1 Å². The molecule has 18 heavy (non-hydrogen) atoms. The number of ether oxygens (including phenoxy) is 1. The lowest BCUT2D eigenvalue weighted by Crippen LogP contribution is -2.29. The Morgan fingerprint density at radius 1 is 1.56 bits per heavy atom. The maximum atomic E-state index is 13.3. The van der Waals surface area contributed by atoms with Gasteiger partial charge in [0.15, 0.2) is 0 Å². The molecule has 0 aromatic heterocycles. The number of hydrogen-bond donors (Lipinski definition) is 2. The predicted molar refractivity (Wildman–Crippen MR) is 69.7 cm³/mol. The highest BCUT2D eigenvalue weighted by Gasteiger charge is 2.29. The number of carbonyl (C=O) groups is 1. The van der Waals surface area contributed by atoms with Crippen molar-refractivity contribution in [1.29, 1.82) is 0 Å². The second kappa shape index (κ2) is 5.77. The molecule has 3 N–H and O–H groups in total. The van der Waals surface area contributed by atoms with Crippen LogP contribution >= 0.6 is 15.9 Å². The van der Waals surface area contributed by atoms with Crippen LogP contribution in [0.5, 0.6) is 0 Å². The van der Waals surface area contributed by atoms with Crippen LogP contribution in [0.1, 0.15) is 12.8 Å². The lowest BCUT2D eigenvalue weighted by molar-refractivity contribution is -0.126. The van der Waals surface area contributed by atoms with E-state index in [2.05, 4.69) is 21.2 Å². The molecule has 0 unspecified atom stereocenters. The van der Waals surface area contributed by atoms with Crippen LogP contribution in [0.25, 0.3) is 0 Å². The third-order valence-corrected chi connectivity index (χ3v) is 3.49. The third-order valence-electron chi connectivity index (χ3n) is 2.85. The number of hydrogen-bond acceptors (Lipinski definition) is 3. The van der Waals surface area contributed by atoms with Gasteiger partial charge in [-0.25, -0.2) is 4.39 Å². The number of halogens is 2. The lowest BCUT2D eigenvalue weighted by Gasteiger charge is -2.12. The molecule has 1 heterocycles. The first kappa shape index (κ1) is 13.5. The molecule has 1 aromatic rings. The van der Waals surface area contributed by atoms with Gasteiger partial charge in [0.1, 0.15) is 11.9 Å². The Bertz CT molecular complexity index is 456. The molecule has 1 aromatic carbocycles. The van der Waals surface area contributed by atoms with Crippen LogP contribution in [0.15, 0.2) is 22.7 Å². The molecule has 98 valence electrons. The maximum absolute atomic E-state index is 13.3. The first-order valence-electron chi connectivity index (χ1n) is 5.71. The van der Waals surface area contributed by atoms with Gasteiger partial charge in [0.25, 0.3) is 5.91 Å². The lowest BCUT2D eigenvalue weighted by atomic mass is 10.2. The SMILES string of the molecule is NC[C@H]1CC[C@@H](C(=O)Nc2ccc(Br)c(F)c2)O1. The molecule has 0 saturated carbocycles. The molecular weight excluding hydrogens is 303 g/mol. The molecule has 1 aliphatic heterocycles. The van der Waals surface area contributed by atoms with E-state index in [4.69, 9.17) is 10.5 Å². The molecule has 0 spiro atoms. The van der Waals surface area contributed by atoms with Crippen molar-refractivity contribution < 1.29 is 13.9 Å². The number of anilines is 1. The predicted octanol–water partition coefficient (Wildman–Crippen LogP) is 2.03. The molecule has 1 saturated heterocycles. The summed E-state index contributed by atoms with van der Waals surface area (Å²) in [6.07, 6.45) is 0.878. The number of carbonyl (C=O) groups excluding carboxylic acids is 1. The molecule has 1 amide bonds. The van der Waals surface area contributed by atoms with E-state index < -0.39 is 11.9 Å². The summed E-state index contributed by atoms with van der Waals surface area (Å²) in [5.74, 6) is -0.673. The van der Waals surface area contributed by atoms with Crippen molar-refractivity contribution in [3.8, 4) is 0 Å². The van der Waals surface area contributed by atoms with Crippen molar-refractivity contribution in [2.24, 2.45) is 5.73 Å². The number of rotatable bonds is 3. The molecule has 4 nitrogen and oxygen atoms in total. The molecule has 1 aliphatic rings. The van der Waals surface area contributed by atoms with Crippen molar-refractivity contribution in [2.75, 3.05) is 11.9 Å². The monoisotopic (exact) mass is 316 g/mol. The highest BCUT2D eigenvalue weighted by molar-refractivity contribution is 9.10. The normalized spacial score (nSPS) is 23.1. The summed E-state index contributed by atoms with van der Waals surface area (Å²) >= 11 is 3.05. The van der Waals surface area contributed by atoms with Gasteiger partial charge in [0, 0.05) is 12.2 Å². The van der Waals surface area contributed by atoms with E-state index in [0.29, 0.717) is 23.1 Å². The third kappa shape index (κ3) is 3.07. The van der Waals surface area contributed by atoms with E-state index >= 15 is 0 Å². The molecule has 0 radical (unpaired) electrons. The molecule has 0 bridgehead atoms. The molecule has 1 fully saturated rings. The minimum Gasteiger partial charge on any atom is -0.364 e. The topological polar surface area (TPSA) is 64.4 Å². The quantitative estimate of drug-likeness (QED) is 0.896. The van der Waals surface area contributed by atoms with Gasteiger partial charge in [-0.05, 0) is 47.0 Å². The zero-order chi connectivity index (χ0) is 13.1. The molecular formula is C12H14BrFN2O2. The van der Waals surface area contributed by atoms with Crippen LogP contribution < -0.4 is 11.1 Å². The minimum absolute atomic E-state index is 0.0533. The van der Waals surface area contributed by atoms with Gasteiger partial charge in [-0.15, -0.1) is 0 Å². The number of nitrogens with two attached hydrogens (primary N) is 1. The second-order valence-corrected chi connectivity index (χ2v) is 5.03. The fraction of sp³-hybridized carbons (Fsp3) is 0.417. The second-order valence-electron chi connectivity index (χ2n) is 4.18. The van der Waals surface area contributed by atoms with E-state index in [1.54, 1.807) is 12.1 Å². The van der Waals surface area contributed by atoms with Crippen molar-refractivity contribution in [2.45, 2.75) is 25.0 Å². The molecule has 0 aliphatic carbocycles. The van der Waals surface area contributed by atoms with Crippen LogP contribution in [-0.4, -0.2) is 24.7 Å². The number of nitrogens with one attached hydrogen (secondary N) is 1. The minimum atomic E-state index is -0.495. The Kier molecular flexibility index (Phi) is 4.31. The van der Waals surface area contributed by atoms with E-state index in [0.717, 1.165) is 6.42 Å². The summed E-state index contributed by atoms with van der Waals surface area (Å²) in [7, 11) is 0. The van der Waals surface area contributed by atoms with Crippen molar-refractivity contribution in [3.05, 3.63) is 28.5 Å². The van der Waals surface area contributed by atoms with Crippen molar-refractivity contribution >= 4 is 27.5 Å². The van der Waals surface area contributed by atoms with Gasteiger partial charge in [-0.3, -0.25) is 4.79 Å². The Hall–Kier alpha value is -0.980. The summed E-state index contributed by atoms with van der Waals surface area (Å²) in [5, 5.41) is 2.63. The average molecular weight is 317 g/mol. The Morgan fingerprint density at radius 2 is 2.33 bits per heavy atom. The van der Waals surface area contributed by atoms with Crippen molar-refractivity contribution in [1.82, 2.24) is 0 Å². The smallest absolute Gasteiger partial charge is 0.253 e. The Labute approximate surface area is 113 Å². The summed E-state index contributed by atoms with van der Waals surface area (Å²) in [6.45, 7) is 0.413. The first-order chi connectivity index (χ1) is 8.60. The van der Waals surface area contributed by atoms with Gasteiger partial charge in [0.2, 0.25) is 0 Å². The standard InChI is InChI=1S/C12H14BrFN2O2/c13-9-3-1-7(5-10(9)14)16-12(17)11-4-2-8(6-15)18-11/h1,3,5,8,11H,2,4,6,15H2,(H,16,17)/t8-,11+/m1/s1. The average Bonchev–Trinajstić information content (AvgIpc) is 2.82. The fourth-order valence-electron chi connectivity index (χ4n) is 1.87. The van der Waals surface area contributed by atoms with Gasteiger partial charge in [-0.1, -0.05) is 0 Å². The van der Waals surface area contributed by atoms with Gasteiger partial charge >= 0.3 is 0 Å². The first-order valence-corrected chi connectivity index (χ1v) is 6.51. The summed E-state index contributed by atoms with van der Waals surface area (Å²) in [6, 6.07) is 4.43. The summed E-state index contributed by atoms with van der Waals surface area (Å²) < 4.78 is 19.1. The number of benzene rings is 1. The maximum Gasteiger partial charge on any atom is 0.253 e. The van der Waals surface area contributed by atoms with E-state index in [-0.39, 0.29) is 12.0 Å². The largest absolute Gasteiger partial charge is 0.364 e. The summed E-state index contributed by atoms with van der Waals surface area (Å²) in [4.78, 5) is 11.9. The van der Waals surface area contributed by atoms with Crippen molar-refractivity contribution in [3.63, 3.8) is 0 Å². The van der Waals surface area contributed by atoms with E-state index in [1.165, 1.54) is 6.07 Å². The molecule has 6 heteroatoms. The van der Waals surface area contributed by atoms with E-state index in [1.807, 2.05) is 0 Å².